The third-order valence-electron chi connectivity index (χ3n) is 3.47. The molecule has 2 aromatic carbocycles. The largest absolute Gasteiger partial charge is 0.493 e. The molecule has 0 aromatic heterocycles. The highest BCUT2D eigenvalue weighted by Gasteiger charge is 2.18. The zero-order valence-corrected chi connectivity index (χ0v) is 14.5. The fourth-order valence-corrected chi connectivity index (χ4v) is 3.31. The van der Waals surface area contributed by atoms with E-state index in [4.69, 9.17) is 10.5 Å². The van der Waals surface area contributed by atoms with Crippen molar-refractivity contribution < 1.29 is 22.3 Å². The average molecular weight is 366 g/mol. The Bertz CT molecular complexity index is 869. The van der Waals surface area contributed by atoms with E-state index in [0.29, 0.717) is 12.2 Å². The minimum absolute atomic E-state index is 0.0150. The standard InChI is InChI=1S/C17H19FN2O4S/c1-2-24-16-8-7-13(11-14(16)17(19)21)25(22,23)20-10-9-12-5-3-4-6-15(12)18/h3-8,11,20H,2,9-10H2,1H3,(H2,19,21). The van der Waals surface area contributed by atoms with Crippen LogP contribution in [0.2, 0.25) is 0 Å². The Hall–Kier alpha value is -2.45. The van der Waals surface area contributed by atoms with E-state index in [2.05, 4.69) is 4.72 Å². The summed E-state index contributed by atoms with van der Waals surface area (Å²) in [6.07, 6.45) is 0.200. The van der Waals surface area contributed by atoms with Crippen LogP contribution in [0.5, 0.6) is 5.75 Å². The Morgan fingerprint density at radius 2 is 1.96 bits per heavy atom. The van der Waals surface area contributed by atoms with E-state index in [0.717, 1.165) is 0 Å². The van der Waals surface area contributed by atoms with Crippen molar-refractivity contribution in [2.75, 3.05) is 13.2 Å². The molecular formula is C17H19FN2O4S. The van der Waals surface area contributed by atoms with Gasteiger partial charge in [0.25, 0.3) is 5.91 Å². The van der Waals surface area contributed by atoms with Crippen molar-refractivity contribution in [3.63, 3.8) is 0 Å². The highest BCUT2D eigenvalue weighted by molar-refractivity contribution is 7.89. The van der Waals surface area contributed by atoms with Crippen molar-refractivity contribution >= 4 is 15.9 Å². The third kappa shape index (κ3) is 4.77. The number of nitrogens with two attached hydrogens (primary N) is 1. The molecule has 0 heterocycles. The van der Waals surface area contributed by atoms with E-state index in [1.165, 1.54) is 24.3 Å². The lowest BCUT2D eigenvalue weighted by Gasteiger charge is -2.11. The summed E-state index contributed by atoms with van der Waals surface area (Å²) in [7, 11) is -3.87. The summed E-state index contributed by atoms with van der Waals surface area (Å²) in [5.74, 6) is -0.953. The van der Waals surface area contributed by atoms with Crippen LogP contribution < -0.4 is 15.2 Å². The number of carbonyl (C=O) groups is 1. The van der Waals surface area contributed by atoms with Crippen molar-refractivity contribution in [2.45, 2.75) is 18.2 Å². The van der Waals surface area contributed by atoms with E-state index in [1.54, 1.807) is 25.1 Å². The van der Waals surface area contributed by atoms with Crippen molar-refractivity contribution in [1.29, 1.82) is 0 Å². The topological polar surface area (TPSA) is 98.5 Å². The molecule has 134 valence electrons. The lowest BCUT2D eigenvalue weighted by Crippen LogP contribution is -2.26. The molecule has 0 unspecified atom stereocenters. The number of amides is 1. The van der Waals surface area contributed by atoms with Gasteiger partial charge in [-0.3, -0.25) is 4.79 Å². The first-order valence-electron chi connectivity index (χ1n) is 7.65. The number of sulfonamides is 1. The summed E-state index contributed by atoms with van der Waals surface area (Å²) in [5, 5.41) is 0. The van der Waals surface area contributed by atoms with Gasteiger partial charge in [0.1, 0.15) is 11.6 Å². The van der Waals surface area contributed by atoms with Crippen molar-refractivity contribution in [1.82, 2.24) is 4.72 Å². The minimum Gasteiger partial charge on any atom is -0.493 e. The van der Waals surface area contributed by atoms with Crippen molar-refractivity contribution in [3.8, 4) is 5.75 Å². The molecule has 0 atom stereocenters. The second kappa shape index (κ2) is 8.09. The van der Waals surface area contributed by atoms with Crippen molar-refractivity contribution in [2.24, 2.45) is 5.73 Å². The van der Waals surface area contributed by atoms with Crippen LogP contribution in [0.1, 0.15) is 22.8 Å². The molecule has 0 bridgehead atoms. The zero-order valence-electron chi connectivity index (χ0n) is 13.7. The predicted octanol–water partition coefficient (Wildman–Crippen LogP) is 1.84. The molecule has 0 spiro atoms. The lowest BCUT2D eigenvalue weighted by atomic mass is 10.1. The van der Waals surface area contributed by atoms with Gasteiger partial charge in [0.05, 0.1) is 17.1 Å². The Balaban J connectivity index is 2.15. The first-order chi connectivity index (χ1) is 11.8. The molecule has 3 N–H and O–H groups in total. The number of carbonyl (C=O) groups excluding carboxylic acids is 1. The molecule has 0 saturated carbocycles. The lowest BCUT2D eigenvalue weighted by molar-refractivity contribution is 0.0996. The molecule has 0 aliphatic carbocycles. The van der Waals surface area contributed by atoms with E-state index < -0.39 is 21.7 Å². The summed E-state index contributed by atoms with van der Waals surface area (Å²) in [5.41, 5.74) is 5.67. The van der Waals surface area contributed by atoms with Gasteiger partial charge in [-0.1, -0.05) is 18.2 Å². The molecule has 6 nitrogen and oxygen atoms in total. The molecule has 0 saturated heterocycles. The quantitative estimate of drug-likeness (QED) is 0.745. The smallest absolute Gasteiger partial charge is 0.252 e. The van der Waals surface area contributed by atoms with Gasteiger partial charge in [0.15, 0.2) is 0 Å². The van der Waals surface area contributed by atoms with Crippen LogP contribution in [0.4, 0.5) is 4.39 Å². The van der Waals surface area contributed by atoms with Crippen LogP contribution >= 0.6 is 0 Å². The van der Waals surface area contributed by atoms with Gasteiger partial charge in [-0.05, 0) is 43.2 Å². The maximum Gasteiger partial charge on any atom is 0.252 e. The molecule has 1 amide bonds. The molecule has 0 radical (unpaired) electrons. The van der Waals surface area contributed by atoms with Crippen LogP contribution in [-0.2, 0) is 16.4 Å². The molecule has 2 rings (SSSR count). The van der Waals surface area contributed by atoms with Gasteiger partial charge >= 0.3 is 0 Å². The van der Waals surface area contributed by atoms with Gasteiger partial charge in [0.2, 0.25) is 10.0 Å². The summed E-state index contributed by atoms with van der Waals surface area (Å²) >= 11 is 0. The minimum atomic E-state index is -3.87. The fraction of sp³-hybridized carbons (Fsp3) is 0.235. The predicted molar refractivity (Wildman–Crippen MR) is 91.4 cm³/mol. The second-order valence-electron chi connectivity index (χ2n) is 5.19. The summed E-state index contributed by atoms with van der Waals surface area (Å²) in [4.78, 5) is 11.4. The Kier molecular flexibility index (Phi) is 6.11. The monoisotopic (exact) mass is 366 g/mol. The zero-order chi connectivity index (χ0) is 18.4. The molecule has 8 heteroatoms. The molecule has 0 aliphatic heterocycles. The molecule has 2 aromatic rings. The van der Waals surface area contributed by atoms with Crippen LogP contribution in [-0.4, -0.2) is 27.5 Å². The van der Waals surface area contributed by atoms with Crippen molar-refractivity contribution in [3.05, 3.63) is 59.4 Å². The number of rotatable bonds is 8. The number of ether oxygens (including phenoxy) is 1. The van der Waals surface area contributed by atoms with Crippen LogP contribution in [0.15, 0.2) is 47.4 Å². The first-order valence-corrected chi connectivity index (χ1v) is 9.13. The van der Waals surface area contributed by atoms with Crippen LogP contribution in [0, 0.1) is 5.82 Å². The molecule has 0 fully saturated rings. The summed E-state index contributed by atoms with van der Waals surface area (Å²) < 4.78 is 45.9. The Morgan fingerprint density at radius 3 is 2.60 bits per heavy atom. The molecule has 0 aliphatic rings. The Labute approximate surface area is 145 Å². The van der Waals surface area contributed by atoms with E-state index in [9.17, 15) is 17.6 Å². The molecule has 25 heavy (non-hydrogen) atoms. The van der Waals surface area contributed by atoms with Crippen LogP contribution in [0.25, 0.3) is 0 Å². The maximum absolute atomic E-state index is 13.5. The fourth-order valence-electron chi connectivity index (χ4n) is 2.25. The van der Waals surface area contributed by atoms with E-state index in [1.807, 2.05) is 0 Å². The van der Waals surface area contributed by atoms with Gasteiger partial charge < -0.3 is 10.5 Å². The van der Waals surface area contributed by atoms with Crippen LogP contribution in [0.3, 0.4) is 0 Å². The highest BCUT2D eigenvalue weighted by Crippen LogP contribution is 2.22. The Morgan fingerprint density at radius 1 is 1.24 bits per heavy atom. The number of nitrogens with one attached hydrogen (secondary N) is 1. The molecular weight excluding hydrogens is 347 g/mol. The number of primary amides is 1. The van der Waals surface area contributed by atoms with Gasteiger partial charge in [0, 0.05) is 6.54 Å². The van der Waals surface area contributed by atoms with E-state index >= 15 is 0 Å². The normalized spacial score (nSPS) is 11.3. The summed E-state index contributed by atoms with van der Waals surface area (Å²) in [6, 6.07) is 10.0. The SMILES string of the molecule is CCOc1ccc(S(=O)(=O)NCCc2ccccc2F)cc1C(N)=O. The van der Waals surface area contributed by atoms with Gasteiger partial charge in [-0.15, -0.1) is 0 Å². The number of benzene rings is 2. The highest BCUT2D eigenvalue weighted by atomic mass is 32.2. The third-order valence-corrected chi connectivity index (χ3v) is 4.93. The number of hydrogen-bond acceptors (Lipinski definition) is 4. The number of halogens is 1. The van der Waals surface area contributed by atoms with Gasteiger partial charge in [-0.25, -0.2) is 17.5 Å². The average Bonchev–Trinajstić information content (AvgIpc) is 2.57. The number of hydrogen-bond donors (Lipinski definition) is 2. The summed E-state index contributed by atoms with van der Waals surface area (Å²) in [6.45, 7) is 2.06. The van der Waals surface area contributed by atoms with Gasteiger partial charge in [-0.2, -0.15) is 0 Å². The maximum atomic E-state index is 13.5. The second-order valence-corrected chi connectivity index (χ2v) is 6.96. The van der Waals surface area contributed by atoms with E-state index in [-0.39, 0.29) is 29.2 Å². The first kappa shape index (κ1) is 18.9.